The zero-order chi connectivity index (χ0) is 14.9. The van der Waals surface area contributed by atoms with Gasteiger partial charge in [0, 0.05) is 31.7 Å². The zero-order valence-corrected chi connectivity index (χ0v) is 14.4. The molecule has 0 aromatic rings. The lowest BCUT2D eigenvalue weighted by atomic mass is 9.70. The minimum absolute atomic E-state index is 0.566. The third kappa shape index (κ3) is 4.20. The van der Waals surface area contributed by atoms with Crippen LogP contribution in [-0.2, 0) is 0 Å². The van der Waals surface area contributed by atoms with E-state index in [1.54, 1.807) is 0 Å². The van der Waals surface area contributed by atoms with Gasteiger partial charge in [-0.15, -0.1) is 0 Å². The van der Waals surface area contributed by atoms with E-state index in [1.165, 1.54) is 71.1 Å². The third-order valence-electron chi connectivity index (χ3n) is 6.21. The molecule has 3 rings (SSSR count). The molecule has 3 fully saturated rings. The largest absolute Gasteiger partial charge is 0.313 e. The normalized spacial score (nSPS) is 38.3. The first-order valence-electron chi connectivity index (χ1n) is 9.18. The van der Waals surface area contributed by atoms with E-state index in [2.05, 4.69) is 36.1 Å². The van der Waals surface area contributed by atoms with E-state index in [-0.39, 0.29) is 0 Å². The maximum Gasteiger partial charge on any atom is 0.0229 e. The van der Waals surface area contributed by atoms with E-state index in [0.29, 0.717) is 5.41 Å². The fraction of sp³-hybridized carbons (Fsp3) is 1.00. The molecular formula is C18H35N3. The smallest absolute Gasteiger partial charge is 0.0229 e. The fourth-order valence-electron chi connectivity index (χ4n) is 4.27. The van der Waals surface area contributed by atoms with Crippen LogP contribution in [0.5, 0.6) is 0 Å². The van der Waals surface area contributed by atoms with Gasteiger partial charge in [0.15, 0.2) is 0 Å². The van der Waals surface area contributed by atoms with E-state index in [0.717, 1.165) is 18.0 Å². The summed E-state index contributed by atoms with van der Waals surface area (Å²) in [5, 5.41) is 3.85. The molecule has 0 radical (unpaired) electrons. The molecule has 2 aliphatic carbocycles. The number of likely N-dealkylation sites (tertiary alicyclic amines) is 1. The Hall–Kier alpha value is -0.120. The van der Waals surface area contributed by atoms with Crippen LogP contribution in [0.3, 0.4) is 0 Å². The molecule has 3 heteroatoms. The van der Waals surface area contributed by atoms with Crippen molar-refractivity contribution in [3.8, 4) is 0 Å². The highest BCUT2D eigenvalue weighted by Gasteiger charge is 2.38. The van der Waals surface area contributed by atoms with Crippen molar-refractivity contribution < 1.29 is 0 Å². The van der Waals surface area contributed by atoms with Crippen LogP contribution in [0, 0.1) is 11.3 Å². The lowest BCUT2D eigenvalue weighted by Gasteiger charge is -2.42. The third-order valence-corrected chi connectivity index (χ3v) is 6.21. The standard InChI is InChI=1S/C18H35N3/c1-15-6-9-18(10-7-15,13-19-16-4-5-16)14-21-11-8-17(12-21)20(2)3/h15-17,19H,4-14H2,1-3H3. The molecule has 122 valence electrons. The molecule has 0 amide bonds. The lowest BCUT2D eigenvalue weighted by molar-refractivity contribution is 0.0943. The number of hydrogen-bond donors (Lipinski definition) is 1. The number of nitrogens with zero attached hydrogens (tertiary/aromatic N) is 2. The summed E-state index contributed by atoms with van der Waals surface area (Å²) in [6.45, 7) is 7.64. The van der Waals surface area contributed by atoms with Gasteiger partial charge in [-0.25, -0.2) is 0 Å². The van der Waals surface area contributed by atoms with Gasteiger partial charge in [0.2, 0.25) is 0 Å². The van der Waals surface area contributed by atoms with Crippen LogP contribution in [0.4, 0.5) is 0 Å². The Morgan fingerprint density at radius 3 is 2.38 bits per heavy atom. The second-order valence-corrected chi connectivity index (χ2v) is 8.48. The fourth-order valence-corrected chi connectivity index (χ4v) is 4.27. The maximum absolute atomic E-state index is 3.85. The molecule has 1 heterocycles. The van der Waals surface area contributed by atoms with Gasteiger partial charge in [0.05, 0.1) is 0 Å². The number of likely N-dealkylation sites (N-methyl/N-ethyl adjacent to an activating group) is 1. The summed E-state index contributed by atoms with van der Waals surface area (Å²) in [5.41, 5.74) is 0.566. The Morgan fingerprint density at radius 1 is 1.10 bits per heavy atom. The summed E-state index contributed by atoms with van der Waals surface area (Å²) in [5.74, 6) is 0.951. The Balaban J connectivity index is 1.56. The van der Waals surface area contributed by atoms with Crippen molar-refractivity contribution in [1.29, 1.82) is 0 Å². The highest BCUT2D eigenvalue weighted by Crippen LogP contribution is 2.40. The van der Waals surface area contributed by atoms with Gasteiger partial charge >= 0.3 is 0 Å². The van der Waals surface area contributed by atoms with Gasteiger partial charge in [-0.05, 0) is 64.1 Å². The van der Waals surface area contributed by atoms with Crippen LogP contribution in [0.25, 0.3) is 0 Å². The first kappa shape index (κ1) is 15.8. The summed E-state index contributed by atoms with van der Waals surface area (Å²) in [6, 6.07) is 1.63. The second kappa shape index (κ2) is 6.55. The van der Waals surface area contributed by atoms with Crippen molar-refractivity contribution in [3.05, 3.63) is 0 Å². The van der Waals surface area contributed by atoms with Gasteiger partial charge in [-0.3, -0.25) is 0 Å². The van der Waals surface area contributed by atoms with E-state index in [4.69, 9.17) is 0 Å². The van der Waals surface area contributed by atoms with Crippen molar-refractivity contribution in [2.24, 2.45) is 11.3 Å². The predicted molar refractivity (Wildman–Crippen MR) is 89.6 cm³/mol. The number of rotatable bonds is 6. The van der Waals surface area contributed by atoms with E-state index in [1.807, 2.05) is 0 Å². The van der Waals surface area contributed by atoms with Crippen molar-refractivity contribution in [2.75, 3.05) is 40.3 Å². The van der Waals surface area contributed by atoms with Crippen LogP contribution in [-0.4, -0.2) is 62.2 Å². The molecule has 3 nitrogen and oxygen atoms in total. The molecular weight excluding hydrogens is 258 g/mol. The molecule has 1 N–H and O–H groups in total. The molecule has 1 aliphatic heterocycles. The molecule has 0 aromatic heterocycles. The maximum atomic E-state index is 3.85. The Kier molecular flexibility index (Phi) is 4.92. The van der Waals surface area contributed by atoms with E-state index in [9.17, 15) is 0 Å². The number of nitrogens with one attached hydrogen (secondary N) is 1. The van der Waals surface area contributed by atoms with E-state index < -0.39 is 0 Å². The average Bonchev–Trinajstić information content (AvgIpc) is 3.18. The molecule has 2 saturated carbocycles. The molecule has 1 saturated heterocycles. The summed E-state index contributed by atoms with van der Waals surface area (Å²) in [6.07, 6.45) is 9.95. The quantitative estimate of drug-likeness (QED) is 0.812. The number of hydrogen-bond acceptors (Lipinski definition) is 3. The van der Waals surface area contributed by atoms with Gasteiger partial charge in [0.1, 0.15) is 0 Å². The highest BCUT2D eigenvalue weighted by atomic mass is 15.2. The van der Waals surface area contributed by atoms with Crippen LogP contribution < -0.4 is 5.32 Å². The molecule has 21 heavy (non-hydrogen) atoms. The molecule has 0 aromatic carbocycles. The Labute approximate surface area is 131 Å². The van der Waals surface area contributed by atoms with Crippen LogP contribution >= 0.6 is 0 Å². The summed E-state index contributed by atoms with van der Waals surface area (Å²) in [4.78, 5) is 5.17. The highest BCUT2D eigenvalue weighted by molar-refractivity contribution is 4.94. The lowest BCUT2D eigenvalue weighted by Crippen LogP contribution is -2.46. The monoisotopic (exact) mass is 293 g/mol. The first-order valence-corrected chi connectivity index (χ1v) is 9.18. The van der Waals surface area contributed by atoms with Crippen LogP contribution in [0.15, 0.2) is 0 Å². The van der Waals surface area contributed by atoms with Gasteiger partial charge in [0.25, 0.3) is 0 Å². The van der Waals surface area contributed by atoms with Crippen molar-refractivity contribution in [3.63, 3.8) is 0 Å². The Morgan fingerprint density at radius 2 is 1.81 bits per heavy atom. The topological polar surface area (TPSA) is 18.5 Å². The molecule has 1 unspecified atom stereocenters. The minimum Gasteiger partial charge on any atom is -0.313 e. The first-order chi connectivity index (χ1) is 10.1. The zero-order valence-electron chi connectivity index (χ0n) is 14.4. The SMILES string of the molecule is CC1CCC(CNC2CC2)(CN2CCC(N(C)C)C2)CC1. The second-order valence-electron chi connectivity index (χ2n) is 8.48. The van der Waals surface area contributed by atoms with Crippen molar-refractivity contribution >= 4 is 0 Å². The van der Waals surface area contributed by atoms with Crippen molar-refractivity contribution in [1.82, 2.24) is 15.1 Å². The molecule has 0 spiro atoms. The summed E-state index contributed by atoms with van der Waals surface area (Å²) in [7, 11) is 4.47. The van der Waals surface area contributed by atoms with Crippen LogP contribution in [0.1, 0.15) is 51.9 Å². The average molecular weight is 293 g/mol. The predicted octanol–water partition coefficient (Wildman–Crippen LogP) is 2.57. The summed E-state index contributed by atoms with van der Waals surface area (Å²) >= 11 is 0. The van der Waals surface area contributed by atoms with Gasteiger partial charge < -0.3 is 15.1 Å². The van der Waals surface area contributed by atoms with Gasteiger partial charge in [-0.2, -0.15) is 0 Å². The Bertz CT molecular complexity index is 329. The van der Waals surface area contributed by atoms with E-state index >= 15 is 0 Å². The van der Waals surface area contributed by atoms with Gasteiger partial charge in [-0.1, -0.05) is 19.8 Å². The van der Waals surface area contributed by atoms with Crippen LogP contribution in [0.2, 0.25) is 0 Å². The summed E-state index contributed by atoms with van der Waals surface area (Å²) < 4.78 is 0. The minimum atomic E-state index is 0.566. The molecule has 3 aliphatic rings. The molecule has 0 bridgehead atoms. The molecule has 1 atom stereocenters. The van der Waals surface area contributed by atoms with Crippen molar-refractivity contribution in [2.45, 2.75) is 64.0 Å².